The maximum atomic E-state index is 12.9. The third-order valence-corrected chi connectivity index (χ3v) is 8.15. The number of halogens is 1. The van der Waals surface area contributed by atoms with Crippen molar-refractivity contribution < 1.29 is 27.8 Å². The Bertz CT molecular complexity index is 1210. The van der Waals surface area contributed by atoms with E-state index >= 15 is 0 Å². The Kier molecular flexibility index (Phi) is 15.4. The van der Waals surface area contributed by atoms with Gasteiger partial charge in [0.15, 0.2) is 11.5 Å². The third-order valence-electron chi connectivity index (χ3n) is 7.09. The lowest BCUT2D eigenvalue weighted by atomic mass is 10.0. The number of aromatic nitrogens is 4. The summed E-state index contributed by atoms with van der Waals surface area (Å²) in [6.07, 6.45) is 16.6. The number of anilines is 1. The zero-order valence-electron chi connectivity index (χ0n) is 24.8. The van der Waals surface area contributed by atoms with Crippen molar-refractivity contribution in [2.75, 3.05) is 31.9 Å². The second kappa shape index (κ2) is 19.0. The number of nitrogen functional groups attached to an aromatic ring is 1. The number of rotatable bonds is 23. The molecule has 0 bridgehead atoms. The molecule has 0 aliphatic heterocycles. The number of benzene rings is 1. The molecular weight excluding hydrogens is 560 g/mol. The van der Waals surface area contributed by atoms with Crippen LogP contribution in [0.1, 0.15) is 83.1 Å². The predicted molar refractivity (Wildman–Crippen MR) is 163 cm³/mol. The van der Waals surface area contributed by atoms with Gasteiger partial charge in [0.05, 0.1) is 32.2 Å². The van der Waals surface area contributed by atoms with E-state index in [1.165, 1.54) is 81.8 Å². The summed E-state index contributed by atoms with van der Waals surface area (Å²) in [5, 5.41) is 0. The molecule has 0 amide bonds. The number of nitrogens with two attached hydrogens (primary N) is 1. The summed E-state index contributed by atoms with van der Waals surface area (Å²) in [5.74, 6) is 0.133. The molecule has 3 rings (SSSR count). The van der Waals surface area contributed by atoms with Crippen molar-refractivity contribution in [2.45, 2.75) is 96.6 Å². The van der Waals surface area contributed by atoms with Crippen LogP contribution in [0, 0.1) is 5.82 Å². The molecular formula is C30H47FN5O5P. The van der Waals surface area contributed by atoms with Gasteiger partial charge in [-0.25, -0.2) is 19.3 Å². The van der Waals surface area contributed by atoms with Crippen molar-refractivity contribution in [3.05, 3.63) is 48.3 Å². The van der Waals surface area contributed by atoms with Crippen LogP contribution in [0.4, 0.5) is 10.2 Å². The van der Waals surface area contributed by atoms with E-state index in [0.29, 0.717) is 30.1 Å². The Hall–Kier alpha value is -2.43. The van der Waals surface area contributed by atoms with Gasteiger partial charge in [-0.2, -0.15) is 0 Å². The monoisotopic (exact) mass is 607 g/mol. The lowest BCUT2D eigenvalue weighted by molar-refractivity contribution is 0.0610. The van der Waals surface area contributed by atoms with E-state index in [-0.39, 0.29) is 25.1 Å². The number of hydrogen-bond donors (Lipinski definition) is 2. The molecule has 42 heavy (non-hydrogen) atoms. The number of fused-ring (bicyclic) bond motifs is 1. The molecule has 3 aromatic rings. The van der Waals surface area contributed by atoms with Gasteiger partial charge in [0.1, 0.15) is 24.0 Å². The van der Waals surface area contributed by atoms with Crippen LogP contribution < -0.4 is 5.73 Å². The van der Waals surface area contributed by atoms with E-state index in [4.69, 9.17) is 19.7 Å². The highest BCUT2D eigenvalue weighted by Crippen LogP contribution is 2.41. The standard InChI is InChI=1S/C30H47FN5O5P/c1-25(21-36-23-35-28-29(32)33-22-34-30(28)36)40-24-42(37,38)41-20-19-39-18-12-10-8-6-4-2-3-5-7-9-11-13-26-14-16-27(31)17-15-26/h14-17,22-23,25H,2-13,18-21,24H2,1H3,(H,37,38)(H2,32,33,34)/t25-/m1/s1. The SMILES string of the molecule is C[C@H](Cn1cnc2c(N)ncnc21)OCP(=O)(O)OCCOCCCCCCCCCCCCCc1ccc(F)cc1. The minimum absolute atomic E-state index is 0.0418. The normalized spacial score (nSPS) is 13.9. The number of aryl methyl sites for hydroxylation is 1. The van der Waals surface area contributed by atoms with Gasteiger partial charge in [-0.05, 0) is 43.9 Å². The molecule has 3 N–H and O–H groups in total. The average Bonchev–Trinajstić information content (AvgIpc) is 3.38. The van der Waals surface area contributed by atoms with Crippen molar-refractivity contribution >= 4 is 24.6 Å². The predicted octanol–water partition coefficient (Wildman–Crippen LogP) is 6.66. The van der Waals surface area contributed by atoms with Crippen molar-refractivity contribution in [1.82, 2.24) is 19.5 Å². The first kappa shape index (κ1) is 34.1. The third kappa shape index (κ3) is 13.3. The van der Waals surface area contributed by atoms with Crippen LogP contribution in [0.25, 0.3) is 11.2 Å². The maximum absolute atomic E-state index is 12.9. The Balaban J connectivity index is 1.08. The number of hydrogen-bond acceptors (Lipinski definition) is 8. The zero-order chi connectivity index (χ0) is 30.0. The van der Waals surface area contributed by atoms with E-state index in [1.807, 2.05) is 12.1 Å². The molecule has 0 aliphatic rings. The quantitative estimate of drug-likeness (QED) is 0.0896. The van der Waals surface area contributed by atoms with E-state index < -0.39 is 13.9 Å². The molecule has 0 fully saturated rings. The minimum Gasteiger partial charge on any atom is -0.382 e. The molecule has 0 spiro atoms. The van der Waals surface area contributed by atoms with Gasteiger partial charge in [0, 0.05) is 6.61 Å². The largest absolute Gasteiger partial charge is 0.382 e. The summed E-state index contributed by atoms with van der Waals surface area (Å²) in [7, 11) is -3.88. The molecule has 0 saturated heterocycles. The van der Waals surface area contributed by atoms with E-state index in [1.54, 1.807) is 17.8 Å². The Morgan fingerprint density at radius 3 is 2.24 bits per heavy atom. The minimum atomic E-state index is -3.88. The summed E-state index contributed by atoms with van der Waals surface area (Å²) >= 11 is 0. The van der Waals surface area contributed by atoms with Gasteiger partial charge in [-0.15, -0.1) is 0 Å². The highest BCUT2D eigenvalue weighted by Gasteiger charge is 2.21. The van der Waals surface area contributed by atoms with Crippen molar-refractivity contribution in [3.63, 3.8) is 0 Å². The number of imidazole rings is 1. The van der Waals surface area contributed by atoms with Gasteiger partial charge in [0.2, 0.25) is 0 Å². The molecule has 0 saturated carbocycles. The van der Waals surface area contributed by atoms with Crippen LogP contribution in [-0.4, -0.2) is 56.7 Å². The average molecular weight is 608 g/mol. The molecule has 10 nitrogen and oxygen atoms in total. The molecule has 1 aromatic carbocycles. The number of nitrogens with zero attached hydrogens (tertiary/aromatic N) is 4. The molecule has 2 heterocycles. The Labute approximate surface area is 248 Å². The summed E-state index contributed by atoms with van der Waals surface area (Å²) in [6, 6.07) is 6.84. The van der Waals surface area contributed by atoms with E-state index in [2.05, 4.69) is 15.0 Å². The maximum Gasteiger partial charge on any atom is 0.353 e. The highest BCUT2D eigenvalue weighted by atomic mass is 31.2. The highest BCUT2D eigenvalue weighted by molar-refractivity contribution is 7.52. The van der Waals surface area contributed by atoms with Crippen molar-refractivity contribution in [1.29, 1.82) is 0 Å². The smallest absolute Gasteiger partial charge is 0.353 e. The molecule has 12 heteroatoms. The topological polar surface area (TPSA) is 135 Å². The fraction of sp³-hybridized carbons (Fsp3) is 0.633. The van der Waals surface area contributed by atoms with Crippen LogP contribution in [-0.2, 0) is 31.5 Å². The van der Waals surface area contributed by atoms with Gasteiger partial charge in [-0.1, -0.05) is 69.9 Å². The second-order valence-electron chi connectivity index (χ2n) is 10.8. The van der Waals surface area contributed by atoms with Gasteiger partial charge < -0.3 is 29.2 Å². The van der Waals surface area contributed by atoms with Crippen LogP contribution >= 0.6 is 7.60 Å². The summed E-state index contributed by atoms with van der Waals surface area (Å²) in [6.45, 7) is 3.11. The van der Waals surface area contributed by atoms with Gasteiger partial charge in [-0.3, -0.25) is 4.57 Å². The van der Waals surface area contributed by atoms with Crippen LogP contribution in [0.15, 0.2) is 36.9 Å². The lowest BCUT2D eigenvalue weighted by Gasteiger charge is -2.17. The van der Waals surface area contributed by atoms with Crippen LogP contribution in [0.2, 0.25) is 0 Å². The Morgan fingerprint density at radius 1 is 0.905 bits per heavy atom. The molecule has 2 atom stereocenters. The van der Waals surface area contributed by atoms with E-state index in [9.17, 15) is 13.8 Å². The summed E-state index contributed by atoms with van der Waals surface area (Å²) < 4.78 is 43.2. The van der Waals surface area contributed by atoms with Crippen molar-refractivity contribution in [2.24, 2.45) is 0 Å². The first-order chi connectivity index (χ1) is 20.3. The number of unbranched alkanes of at least 4 members (excludes halogenated alkanes) is 10. The molecule has 0 aliphatic carbocycles. The Morgan fingerprint density at radius 2 is 1.55 bits per heavy atom. The van der Waals surface area contributed by atoms with Crippen molar-refractivity contribution in [3.8, 4) is 0 Å². The van der Waals surface area contributed by atoms with Gasteiger partial charge >= 0.3 is 7.60 Å². The van der Waals surface area contributed by atoms with Crippen LogP contribution in [0.5, 0.6) is 0 Å². The number of ether oxygens (including phenoxy) is 2. The van der Waals surface area contributed by atoms with Crippen LogP contribution in [0.3, 0.4) is 0 Å². The molecule has 0 radical (unpaired) electrons. The molecule has 2 aromatic heterocycles. The van der Waals surface area contributed by atoms with Gasteiger partial charge in [0.25, 0.3) is 0 Å². The first-order valence-electron chi connectivity index (χ1n) is 15.2. The first-order valence-corrected chi connectivity index (χ1v) is 16.9. The molecule has 234 valence electrons. The summed E-state index contributed by atoms with van der Waals surface area (Å²) in [4.78, 5) is 22.4. The fourth-order valence-electron chi connectivity index (χ4n) is 4.74. The lowest BCUT2D eigenvalue weighted by Crippen LogP contribution is -2.18. The fourth-order valence-corrected chi connectivity index (χ4v) is 5.61. The zero-order valence-corrected chi connectivity index (χ0v) is 25.7. The molecule has 1 unspecified atom stereocenters. The second-order valence-corrected chi connectivity index (χ2v) is 12.6. The summed E-state index contributed by atoms with van der Waals surface area (Å²) in [5.41, 5.74) is 8.11. The van der Waals surface area contributed by atoms with E-state index in [0.717, 1.165) is 19.3 Å².